The molecule has 0 bridgehead atoms. The average molecular weight is 259 g/mol. The topological polar surface area (TPSA) is 50.1 Å². The van der Waals surface area contributed by atoms with Crippen LogP contribution >= 0.6 is 0 Å². The van der Waals surface area contributed by atoms with E-state index in [-0.39, 0.29) is 0 Å². The molecule has 102 valence electrons. The van der Waals surface area contributed by atoms with E-state index < -0.39 is 17.3 Å². The molecule has 3 heteroatoms. The van der Waals surface area contributed by atoms with Gasteiger partial charge in [-0.05, 0) is 30.7 Å². The van der Waals surface area contributed by atoms with Gasteiger partial charge in [0.05, 0.1) is 12.7 Å². The molecule has 0 spiro atoms. The molecule has 0 aliphatic carbocycles. The van der Waals surface area contributed by atoms with Gasteiger partial charge < -0.3 is 4.74 Å². The normalized spacial score (nSPS) is 15.1. The number of carbonyl (C=O) groups excluding carboxylic acids is 1. The number of hydrogen-bond donors (Lipinski definition) is 0. The minimum absolute atomic E-state index is 0.308. The van der Waals surface area contributed by atoms with Gasteiger partial charge in [0.2, 0.25) is 0 Å². The molecule has 0 heterocycles. The van der Waals surface area contributed by atoms with E-state index in [0.717, 1.165) is 12.0 Å². The van der Waals surface area contributed by atoms with Crippen LogP contribution in [0.3, 0.4) is 0 Å². The molecular formula is C16H21NO2. The quantitative estimate of drug-likeness (QED) is 0.736. The Hall–Kier alpha value is -1.82. The molecule has 0 aliphatic heterocycles. The Balaban J connectivity index is 2.95. The fourth-order valence-corrected chi connectivity index (χ4v) is 2.21. The van der Waals surface area contributed by atoms with E-state index in [2.05, 4.69) is 6.07 Å². The van der Waals surface area contributed by atoms with E-state index in [1.807, 2.05) is 44.2 Å². The third-order valence-corrected chi connectivity index (χ3v) is 3.61. The van der Waals surface area contributed by atoms with Gasteiger partial charge in [-0.2, -0.15) is 5.26 Å². The Kier molecular flexibility index (Phi) is 5.57. The van der Waals surface area contributed by atoms with Crippen molar-refractivity contribution in [1.82, 2.24) is 0 Å². The van der Waals surface area contributed by atoms with E-state index in [9.17, 15) is 10.1 Å². The van der Waals surface area contributed by atoms with E-state index in [1.54, 1.807) is 6.92 Å². The van der Waals surface area contributed by atoms with Crippen molar-refractivity contribution in [2.75, 3.05) is 6.61 Å². The van der Waals surface area contributed by atoms with Crippen molar-refractivity contribution in [3.05, 3.63) is 35.9 Å². The summed E-state index contributed by atoms with van der Waals surface area (Å²) in [6.07, 6.45) is 1.44. The van der Waals surface area contributed by atoms with Crippen LogP contribution in [0.1, 0.15) is 32.8 Å². The van der Waals surface area contributed by atoms with Gasteiger partial charge in [0.1, 0.15) is 5.92 Å². The standard InChI is InChI=1S/C16H21NO2/c1-4-16(3,11-13-9-7-6-8-10-13)14(12-17)15(18)19-5-2/h6-10,14H,4-5,11H2,1-3H3/t14-,16-/m1/s1. The summed E-state index contributed by atoms with van der Waals surface area (Å²) in [6, 6.07) is 12.1. The highest BCUT2D eigenvalue weighted by Gasteiger charge is 2.39. The van der Waals surface area contributed by atoms with Gasteiger partial charge in [-0.3, -0.25) is 4.79 Å². The summed E-state index contributed by atoms with van der Waals surface area (Å²) in [4.78, 5) is 11.9. The number of ether oxygens (including phenoxy) is 1. The molecule has 1 aromatic carbocycles. The molecule has 0 unspecified atom stereocenters. The Morgan fingerprint density at radius 3 is 2.47 bits per heavy atom. The second-order valence-corrected chi connectivity index (χ2v) is 4.98. The maximum Gasteiger partial charge on any atom is 0.323 e. The zero-order valence-electron chi connectivity index (χ0n) is 11.8. The maximum absolute atomic E-state index is 11.9. The van der Waals surface area contributed by atoms with E-state index >= 15 is 0 Å². The molecule has 0 amide bonds. The molecule has 1 rings (SSSR count). The van der Waals surface area contributed by atoms with E-state index in [1.165, 1.54) is 0 Å². The minimum atomic E-state index is -0.724. The van der Waals surface area contributed by atoms with Gasteiger partial charge >= 0.3 is 5.97 Å². The summed E-state index contributed by atoms with van der Waals surface area (Å²) in [5.74, 6) is -1.14. The molecule has 0 saturated heterocycles. The summed E-state index contributed by atoms with van der Waals surface area (Å²) in [5, 5.41) is 9.32. The zero-order chi connectivity index (χ0) is 14.3. The number of esters is 1. The molecule has 19 heavy (non-hydrogen) atoms. The average Bonchev–Trinajstić information content (AvgIpc) is 2.41. The highest BCUT2D eigenvalue weighted by Crippen LogP contribution is 2.35. The lowest BCUT2D eigenvalue weighted by Gasteiger charge is -2.31. The molecular weight excluding hydrogens is 238 g/mol. The van der Waals surface area contributed by atoms with Crippen molar-refractivity contribution < 1.29 is 9.53 Å². The largest absolute Gasteiger partial charge is 0.465 e. The van der Waals surface area contributed by atoms with Crippen LogP contribution in [0, 0.1) is 22.7 Å². The summed E-state index contributed by atoms with van der Waals surface area (Å²) in [6.45, 7) is 6.05. The van der Waals surface area contributed by atoms with Crippen LogP contribution < -0.4 is 0 Å². The van der Waals surface area contributed by atoms with Gasteiger partial charge in [0.15, 0.2) is 0 Å². The number of hydrogen-bond acceptors (Lipinski definition) is 3. The van der Waals surface area contributed by atoms with Gasteiger partial charge in [0.25, 0.3) is 0 Å². The molecule has 0 aromatic heterocycles. The van der Waals surface area contributed by atoms with Gasteiger partial charge in [-0.15, -0.1) is 0 Å². The van der Waals surface area contributed by atoms with Crippen LogP contribution in [0.5, 0.6) is 0 Å². The Morgan fingerprint density at radius 2 is 2.00 bits per heavy atom. The lowest BCUT2D eigenvalue weighted by molar-refractivity contribution is -0.149. The highest BCUT2D eigenvalue weighted by atomic mass is 16.5. The van der Waals surface area contributed by atoms with Gasteiger partial charge in [-0.25, -0.2) is 0 Å². The van der Waals surface area contributed by atoms with Crippen molar-refractivity contribution in [2.45, 2.75) is 33.6 Å². The Labute approximate surface area is 115 Å². The monoisotopic (exact) mass is 259 g/mol. The van der Waals surface area contributed by atoms with Crippen LogP contribution in [0.15, 0.2) is 30.3 Å². The van der Waals surface area contributed by atoms with Gasteiger partial charge in [0, 0.05) is 0 Å². The van der Waals surface area contributed by atoms with E-state index in [0.29, 0.717) is 13.0 Å². The number of nitrogens with zero attached hydrogens (tertiary/aromatic N) is 1. The first-order chi connectivity index (χ1) is 9.07. The van der Waals surface area contributed by atoms with Crippen molar-refractivity contribution in [2.24, 2.45) is 11.3 Å². The fraction of sp³-hybridized carbons (Fsp3) is 0.500. The Morgan fingerprint density at radius 1 is 1.37 bits per heavy atom. The summed E-state index contributed by atoms with van der Waals surface area (Å²) < 4.78 is 5.02. The molecule has 0 fully saturated rings. The maximum atomic E-state index is 11.9. The third-order valence-electron chi connectivity index (χ3n) is 3.61. The number of nitriles is 1. The van der Waals surface area contributed by atoms with Crippen molar-refractivity contribution in [3.8, 4) is 6.07 Å². The smallest absolute Gasteiger partial charge is 0.323 e. The lowest BCUT2D eigenvalue weighted by Crippen LogP contribution is -2.35. The fourth-order valence-electron chi connectivity index (χ4n) is 2.21. The molecule has 1 aromatic rings. The number of rotatable bonds is 6. The van der Waals surface area contributed by atoms with Gasteiger partial charge in [-0.1, -0.05) is 44.2 Å². The molecule has 2 atom stereocenters. The van der Waals surface area contributed by atoms with Crippen LogP contribution in [-0.4, -0.2) is 12.6 Å². The molecule has 0 radical (unpaired) electrons. The van der Waals surface area contributed by atoms with Crippen molar-refractivity contribution in [1.29, 1.82) is 5.26 Å². The van der Waals surface area contributed by atoms with Crippen molar-refractivity contribution in [3.63, 3.8) is 0 Å². The third kappa shape index (κ3) is 3.82. The first-order valence-electron chi connectivity index (χ1n) is 6.67. The molecule has 3 nitrogen and oxygen atoms in total. The van der Waals surface area contributed by atoms with Crippen LogP contribution in [-0.2, 0) is 16.0 Å². The second kappa shape index (κ2) is 6.94. The molecule has 0 N–H and O–H groups in total. The predicted octanol–water partition coefficient (Wildman–Crippen LogP) is 3.35. The minimum Gasteiger partial charge on any atom is -0.465 e. The van der Waals surface area contributed by atoms with Crippen LogP contribution in [0.4, 0.5) is 0 Å². The van der Waals surface area contributed by atoms with Crippen molar-refractivity contribution >= 4 is 5.97 Å². The number of benzene rings is 1. The van der Waals surface area contributed by atoms with E-state index in [4.69, 9.17) is 4.74 Å². The van der Waals surface area contributed by atoms with Crippen LogP contribution in [0.2, 0.25) is 0 Å². The first kappa shape index (κ1) is 15.2. The SMILES string of the molecule is CCOC(=O)[C@@H](C#N)[C@](C)(CC)Cc1ccccc1. The molecule has 0 saturated carbocycles. The lowest BCUT2D eigenvalue weighted by atomic mass is 9.71. The predicted molar refractivity (Wildman–Crippen MR) is 74.3 cm³/mol. The summed E-state index contributed by atoms with van der Waals surface area (Å²) in [7, 11) is 0. The number of carbonyl (C=O) groups is 1. The first-order valence-corrected chi connectivity index (χ1v) is 6.67. The molecule has 0 aliphatic rings. The second-order valence-electron chi connectivity index (χ2n) is 4.98. The zero-order valence-corrected chi connectivity index (χ0v) is 11.8. The summed E-state index contributed by atoms with van der Waals surface area (Å²) >= 11 is 0. The van der Waals surface area contributed by atoms with Crippen LogP contribution in [0.25, 0.3) is 0 Å². The Bertz CT molecular complexity index is 450. The summed E-state index contributed by atoms with van der Waals surface area (Å²) in [5.41, 5.74) is 0.735. The highest BCUT2D eigenvalue weighted by molar-refractivity contribution is 5.76.